The Morgan fingerprint density at radius 2 is 1.67 bits per heavy atom. The van der Waals surface area contributed by atoms with Crippen molar-refractivity contribution >= 4 is 0 Å². The highest BCUT2D eigenvalue weighted by atomic mass is 16.5. The van der Waals surface area contributed by atoms with Crippen LogP contribution in [0.4, 0.5) is 0 Å². The average molecular weight is 261 g/mol. The van der Waals surface area contributed by atoms with Crippen molar-refractivity contribution in [2.75, 3.05) is 46.7 Å². The van der Waals surface area contributed by atoms with Crippen LogP contribution in [0.3, 0.4) is 0 Å². The average Bonchev–Trinajstić information content (AvgIpc) is 2.32. The quantitative estimate of drug-likeness (QED) is 0.316. The Bertz CT molecular complexity index is 223. The molecule has 0 radical (unpaired) electrons. The van der Waals surface area contributed by atoms with Crippen LogP contribution in [0.5, 0.6) is 0 Å². The summed E-state index contributed by atoms with van der Waals surface area (Å²) in [5.41, 5.74) is 6.55. The predicted octanol–water partition coefficient (Wildman–Crippen LogP) is 0.298. The van der Waals surface area contributed by atoms with Gasteiger partial charge in [0.1, 0.15) is 0 Å². The molecule has 0 aromatic rings. The van der Waals surface area contributed by atoms with Crippen molar-refractivity contribution in [3.05, 3.63) is 11.9 Å². The first-order valence-corrected chi connectivity index (χ1v) is 6.20. The molecule has 0 aromatic heterocycles. The Hall–Kier alpha value is -0.820. The number of nitrogens with two attached hydrogens (primary N) is 2. The molecule has 0 atom stereocenters. The lowest BCUT2D eigenvalue weighted by Crippen LogP contribution is -2.31. The monoisotopic (exact) mass is 261 g/mol. The largest absolute Gasteiger partial charge is 0.401 e. The van der Waals surface area contributed by atoms with Crippen molar-refractivity contribution in [2.24, 2.45) is 17.5 Å². The van der Waals surface area contributed by atoms with Crippen LogP contribution in [0.25, 0.3) is 0 Å². The number of methoxy groups -OCH3 is 1. The molecule has 0 amide bonds. The van der Waals surface area contributed by atoms with Crippen molar-refractivity contribution in [1.82, 2.24) is 5.01 Å². The molecule has 0 aliphatic heterocycles. The molecular formula is C12H27N3O3. The van der Waals surface area contributed by atoms with E-state index >= 15 is 0 Å². The number of nitrogens with zero attached hydrogens (tertiary/aromatic N) is 1. The Morgan fingerprint density at radius 3 is 2.22 bits per heavy atom. The van der Waals surface area contributed by atoms with Gasteiger partial charge in [-0.2, -0.15) is 0 Å². The minimum Gasteiger partial charge on any atom is -0.401 e. The third-order valence-electron chi connectivity index (χ3n) is 2.28. The van der Waals surface area contributed by atoms with Crippen LogP contribution < -0.4 is 11.6 Å². The van der Waals surface area contributed by atoms with E-state index in [-0.39, 0.29) is 0 Å². The first-order chi connectivity index (χ1) is 8.57. The number of ether oxygens (including phenoxy) is 3. The molecule has 6 nitrogen and oxygen atoms in total. The topological polar surface area (TPSA) is 83.0 Å². The van der Waals surface area contributed by atoms with Crippen LogP contribution in [0.15, 0.2) is 11.9 Å². The van der Waals surface area contributed by atoms with Gasteiger partial charge in [-0.3, -0.25) is 0 Å². The molecule has 0 fully saturated rings. The highest BCUT2D eigenvalue weighted by Crippen LogP contribution is 2.01. The highest BCUT2D eigenvalue weighted by Gasteiger charge is 2.00. The SMILES string of the molecule is COCCOCCOCCN(N)/C=C(\N)C(C)C. The minimum atomic E-state index is 0.297. The Kier molecular flexibility index (Phi) is 10.8. The van der Waals surface area contributed by atoms with Crippen LogP contribution >= 0.6 is 0 Å². The fourth-order valence-corrected chi connectivity index (χ4v) is 1.04. The van der Waals surface area contributed by atoms with Crippen LogP contribution in [-0.2, 0) is 14.2 Å². The Morgan fingerprint density at radius 1 is 1.11 bits per heavy atom. The van der Waals surface area contributed by atoms with E-state index in [9.17, 15) is 0 Å². The molecule has 0 saturated carbocycles. The third kappa shape index (κ3) is 10.3. The van der Waals surface area contributed by atoms with Gasteiger partial charge in [-0.05, 0) is 5.92 Å². The van der Waals surface area contributed by atoms with E-state index in [0.717, 1.165) is 5.70 Å². The van der Waals surface area contributed by atoms with Crippen LogP contribution in [0.2, 0.25) is 0 Å². The van der Waals surface area contributed by atoms with Gasteiger partial charge in [0.2, 0.25) is 0 Å². The highest BCUT2D eigenvalue weighted by molar-refractivity contribution is 4.97. The second-order valence-electron chi connectivity index (χ2n) is 4.24. The molecule has 0 bridgehead atoms. The van der Waals surface area contributed by atoms with Gasteiger partial charge in [-0.15, -0.1) is 0 Å². The lowest BCUT2D eigenvalue weighted by molar-refractivity contribution is 0.0217. The van der Waals surface area contributed by atoms with Gasteiger partial charge in [0.05, 0.1) is 39.6 Å². The molecule has 4 N–H and O–H groups in total. The van der Waals surface area contributed by atoms with E-state index in [1.54, 1.807) is 18.3 Å². The van der Waals surface area contributed by atoms with E-state index in [0.29, 0.717) is 45.5 Å². The van der Waals surface area contributed by atoms with E-state index in [1.807, 2.05) is 13.8 Å². The smallest absolute Gasteiger partial charge is 0.0701 e. The molecule has 0 heterocycles. The number of allylic oxidation sites excluding steroid dienone is 1. The van der Waals surface area contributed by atoms with Crippen molar-refractivity contribution < 1.29 is 14.2 Å². The fourth-order valence-electron chi connectivity index (χ4n) is 1.04. The summed E-state index contributed by atoms with van der Waals surface area (Å²) in [4.78, 5) is 0. The summed E-state index contributed by atoms with van der Waals surface area (Å²) in [6.45, 7) is 7.52. The lowest BCUT2D eigenvalue weighted by Gasteiger charge is -2.16. The molecule has 0 saturated heterocycles. The zero-order chi connectivity index (χ0) is 13.8. The van der Waals surface area contributed by atoms with Gasteiger partial charge in [0, 0.05) is 19.0 Å². The van der Waals surface area contributed by atoms with Gasteiger partial charge >= 0.3 is 0 Å². The summed E-state index contributed by atoms with van der Waals surface area (Å²) < 4.78 is 15.5. The second kappa shape index (κ2) is 11.3. The molecule has 0 spiro atoms. The van der Waals surface area contributed by atoms with Gasteiger partial charge in [-0.1, -0.05) is 13.8 Å². The standard InChI is InChI=1S/C12H27N3O3/c1-11(2)12(13)10-15(14)4-5-17-8-9-18-7-6-16-3/h10-11H,4-9,13-14H2,1-3H3/b12-10-. The third-order valence-corrected chi connectivity index (χ3v) is 2.28. The first-order valence-electron chi connectivity index (χ1n) is 6.20. The molecule has 0 unspecified atom stereocenters. The maximum absolute atomic E-state index is 5.78. The predicted molar refractivity (Wildman–Crippen MR) is 71.5 cm³/mol. The summed E-state index contributed by atoms with van der Waals surface area (Å²) in [7, 11) is 1.64. The molecule has 0 aliphatic rings. The molecule has 0 rings (SSSR count). The van der Waals surface area contributed by atoms with Gasteiger partial charge in [-0.25, -0.2) is 5.84 Å². The Labute approximate surface area is 110 Å². The van der Waals surface area contributed by atoms with E-state index < -0.39 is 0 Å². The summed E-state index contributed by atoms with van der Waals surface area (Å²) in [5.74, 6) is 6.04. The first kappa shape index (κ1) is 17.2. The van der Waals surface area contributed by atoms with E-state index in [2.05, 4.69) is 0 Å². The Balaban J connectivity index is 3.41. The van der Waals surface area contributed by atoms with Crippen molar-refractivity contribution in [3.63, 3.8) is 0 Å². The normalized spacial score (nSPS) is 12.2. The number of hydrogen-bond acceptors (Lipinski definition) is 6. The molecule has 0 aliphatic carbocycles. The number of hydrazine groups is 1. The lowest BCUT2D eigenvalue weighted by atomic mass is 10.2. The molecule has 0 aromatic carbocycles. The summed E-state index contributed by atoms with van der Waals surface area (Å²) in [6, 6.07) is 0. The van der Waals surface area contributed by atoms with Crippen molar-refractivity contribution in [3.8, 4) is 0 Å². The van der Waals surface area contributed by atoms with Crippen LogP contribution in [0.1, 0.15) is 13.8 Å². The van der Waals surface area contributed by atoms with E-state index in [1.165, 1.54) is 0 Å². The number of hydrogen-bond donors (Lipinski definition) is 2. The summed E-state index contributed by atoms with van der Waals surface area (Å²) in [6.07, 6.45) is 1.74. The van der Waals surface area contributed by atoms with Crippen LogP contribution in [-0.4, -0.2) is 51.7 Å². The fraction of sp³-hybridized carbons (Fsp3) is 0.833. The van der Waals surface area contributed by atoms with Gasteiger partial charge in [0.15, 0.2) is 0 Å². The van der Waals surface area contributed by atoms with E-state index in [4.69, 9.17) is 25.8 Å². The summed E-state index contributed by atoms with van der Waals surface area (Å²) in [5, 5.41) is 1.54. The maximum Gasteiger partial charge on any atom is 0.0701 e. The summed E-state index contributed by atoms with van der Waals surface area (Å²) >= 11 is 0. The second-order valence-corrected chi connectivity index (χ2v) is 4.24. The molecule has 18 heavy (non-hydrogen) atoms. The molecular weight excluding hydrogens is 234 g/mol. The number of rotatable bonds is 11. The van der Waals surface area contributed by atoms with Crippen molar-refractivity contribution in [2.45, 2.75) is 13.8 Å². The molecule has 108 valence electrons. The van der Waals surface area contributed by atoms with Gasteiger partial charge < -0.3 is 25.0 Å². The minimum absolute atomic E-state index is 0.297. The maximum atomic E-state index is 5.78. The molecule has 6 heteroatoms. The zero-order valence-electron chi connectivity index (χ0n) is 11.7. The van der Waals surface area contributed by atoms with Crippen LogP contribution in [0, 0.1) is 5.92 Å². The van der Waals surface area contributed by atoms with Gasteiger partial charge in [0.25, 0.3) is 0 Å². The zero-order valence-corrected chi connectivity index (χ0v) is 11.7. The van der Waals surface area contributed by atoms with Crippen molar-refractivity contribution in [1.29, 1.82) is 0 Å².